The quantitative estimate of drug-likeness (QED) is 0.734. The fourth-order valence-electron chi connectivity index (χ4n) is 1.52. The van der Waals surface area contributed by atoms with Crippen LogP contribution in [0.5, 0.6) is 0 Å². The van der Waals surface area contributed by atoms with E-state index in [9.17, 15) is 43.7 Å². The largest absolute Gasteiger partial charge is 0.424 e. The molecule has 1 aromatic rings. The van der Waals surface area contributed by atoms with E-state index >= 15 is 0 Å². The molecule has 1 unspecified atom stereocenters. The summed E-state index contributed by atoms with van der Waals surface area (Å²) < 4.78 is 119. The van der Waals surface area contributed by atoms with E-state index in [0.29, 0.717) is 12.1 Å². The molecule has 1 rings (SSSR count). The van der Waals surface area contributed by atoms with E-state index in [2.05, 4.69) is 0 Å². The van der Waals surface area contributed by atoms with Crippen molar-refractivity contribution < 1.29 is 43.7 Å². The summed E-state index contributed by atoms with van der Waals surface area (Å²) in [6.45, 7) is 0. The van der Waals surface area contributed by atoms with E-state index in [4.69, 9.17) is 0 Å². The summed E-state index contributed by atoms with van der Waals surface area (Å²) >= 11 is 0. The van der Waals surface area contributed by atoms with Crippen molar-refractivity contribution in [3.63, 3.8) is 0 Å². The SMILES string of the molecule is O=S(c1ccccc1)C(C(F)(F)F)(C(F)(F)F)C(F)(F)F. The molecule has 1 nitrogen and oxygen atoms in total. The smallest absolute Gasteiger partial charge is 0.253 e. The Bertz CT molecular complexity index is 478. The lowest BCUT2D eigenvalue weighted by Crippen LogP contribution is -2.68. The Kier molecular flexibility index (Phi) is 4.39. The van der Waals surface area contributed by atoms with Gasteiger partial charge >= 0.3 is 23.3 Å². The second kappa shape index (κ2) is 5.18. The molecule has 0 bridgehead atoms. The van der Waals surface area contributed by atoms with Gasteiger partial charge in [-0.2, -0.15) is 39.5 Å². The van der Waals surface area contributed by atoms with Crippen LogP contribution >= 0.6 is 0 Å². The minimum absolute atomic E-state index is 0.494. The number of benzene rings is 1. The van der Waals surface area contributed by atoms with E-state index in [0.717, 1.165) is 18.2 Å². The first kappa shape index (κ1) is 17.8. The van der Waals surface area contributed by atoms with Crippen molar-refractivity contribution in [2.75, 3.05) is 0 Å². The van der Waals surface area contributed by atoms with Crippen molar-refractivity contribution in [2.45, 2.75) is 28.2 Å². The van der Waals surface area contributed by atoms with Gasteiger partial charge in [0.1, 0.15) is 0 Å². The van der Waals surface area contributed by atoms with Crippen LogP contribution in [0.1, 0.15) is 0 Å². The zero-order valence-corrected chi connectivity index (χ0v) is 10.4. The number of halogens is 9. The highest BCUT2D eigenvalue weighted by Crippen LogP contribution is 2.57. The molecule has 21 heavy (non-hydrogen) atoms. The molecular formula is C10H5F9OS. The molecule has 0 radical (unpaired) electrons. The Balaban J connectivity index is 3.72. The molecule has 0 amide bonds. The van der Waals surface area contributed by atoms with Gasteiger partial charge in [0.25, 0.3) is 0 Å². The summed E-state index contributed by atoms with van der Waals surface area (Å²) in [4.78, 5) is -1.23. The predicted octanol–water partition coefficient (Wildman–Crippen LogP) is 4.22. The molecule has 0 heterocycles. The van der Waals surface area contributed by atoms with E-state index in [1.165, 1.54) is 0 Å². The van der Waals surface area contributed by atoms with Crippen molar-refractivity contribution >= 4 is 10.8 Å². The van der Waals surface area contributed by atoms with Crippen LogP contribution < -0.4 is 0 Å². The molecule has 11 heteroatoms. The first-order chi connectivity index (χ1) is 9.27. The number of alkyl halides is 9. The molecule has 120 valence electrons. The van der Waals surface area contributed by atoms with Crippen molar-refractivity contribution in [2.24, 2.45) is 0 Å². The summed E-state index contributed by atoms with van der Waals surface area (Å²) in [6, 6.07) is 3.88. The number of hydrogen-bond donors (Lipinski definition) is 0. The molecule has 0 N–H and O–H groups in total. The molecule has 0 aliphatic heterocycles. The zero-order chi connectivity index (χ0) is 16.7. The number of hydrogen-bond acceptors (Lipinski definition) is 1. The first-order valence-electron chi connectivity index (χ1n) is 4.94. The average molecular weight is 344 g/mol. The van der Waals surface area contributed by atoms with Crippen LogP contribution in [-0.2, 0) is 10.8 Å². The summed E-state index contributed by atoms with van der Waals surface area (Å²) in [6.07, 6.45) is -20.5. The van der Waals surface area contributed by atoms with Gasteiger partial charge in [-0.05, 0) is 12.1 Å². The summed E-state index contributed by atoms with van der Waals surface area (Å²) in [5.74, 6) is 0. The summed E-state index contributed by atoms with van der Waals surface area (Å²) in [5.41, 5.74) is 0. The summed E-state index contributed by atoms with van der Waals surface area (Å²) in [5, 5.41) is 0. The third-order valence-electron chi connectivity index (χ3n) is 2.43. The fraction of sp³-hybridized carbons (Fsp3) is 0.400. The summed E-state index contributed by atoms with van der Waals surface area (Å²) in [7, 11) is -4.46. The molecular weight excluding hydrogens is 339 g/mol. The molecule has 1 atom stereocenters. The fourth-order valence-corrected chi connectivity index (χ4v) is 2.91. The normalized spacial score (nSPS) is 15.9. The van der Waals surface area contributed by atoms with Crippen LogP contribution in [-0.4, -0.2) is 27.5 Å². The zero-order valence-electron chi connectivity index (χ0n) is 9.60. The Morgan fingerprint density at radius 3 is 1.29 bits per heavy atom. The van der Waals surface area contributed by atoms with Gasteiger partial charge in [-0.25, -0.2) is 0 Å². The van der Waals surface area contributed by atoms with Gasteiger partial charge in [0.05, 0.1) is 10.8 Å². The highest BCUT2D eigenvalue weighted by atomic mass is 32.2. The predicted molar refractivity (Wildman–Crippen MR) is 53.7 cm³/mol. The van der Waals surface area contributed by atoms with Crippen LogP contribution in [0.15, 0.2) is 35.2 Å². The molecule has 0 saturated heterocycles. The third kappa shape index (κ3) is 2.74. The van der Waals surface area contributed by atoms with Gasteiger partial charge in [0, 0.05) is 4.90 Å². The van der Waals surface area contributed by atoms with Crippen LogP contribution in [0.3, 0.4) is 0 Å². The van der Waals surface area contributed by atoms with Crippen molar-refractivity contribution in [3.8, 4) is 0 Å². The van der Waals surface area contributed by atoms with E-state index in [1.54, 1.807) is 0 Å². The molecule has 0 aromatic heterocycles. The van der Waals surface area contributed by atoms with E-state index in [-0.39, 0.29) is 0 Å². The third-order valence-corrected chi connectivity index (χ3v) is 4.38. The average Bonchev–Trinajstić information content (AvgIpc) is 2.24. The second-order valence-electron chi connectivity index (χ2n) is 3.76. The van der Waals surface area contributed by atoms with E-state index in [1.807, 2.05) is 0 Å². The molecule has 0 spiro atoms. The van der Waals surface area contributed by atoms with Crippen LogP contribution in [0.2, 0.25) is 0 Å². The monoisotopic (exact) mass is 344 g/mol. The minimum Gasteiger partial charge on any atom is -0.253 e. The van der Waals surface area contributed by atoms with Crippen LogP contribution in [0, 0.1) is 0 Å². The second-order valence-corrected chi connectivity index (χ2v) is 5.38. The molecule has 0 fully saturated rings. The lowest BCUT2D eigenvalue weighted by Gasteiger charge is -2.37. The lowest BCUT2D eigenvalue weighted by molar-refractivity contribution is -0.346. The molecule has 1 aromatic carbocycles. The van der Waals surface area contributed by atoms with E-state index < -0.39 is 39.0 Å². The Morgan fingerprint density at radius 2 is 1.00 bits per heavy atom. The van der Waals surface area contributed by atoms with Crippen LogP contribution in [0.4, 0.5) is 39.5 Å². The van der Waals surface area contributed by atoms with Gasteiger partial charge in [0.15, 0.2) is 0 Å². The Labute approximate surface area is 114 Å². The van der Waals surface area contributed by atoms with Crippen molar-refractivity contribution in [3.05, 3.63) is 30.3 Å². The molecule has 0 saturated carbocycles. The Hall–Kier alpha value is -1.26. The van der Waals surface area contributed by atoms with Crippen molar-refractivity contribution in [1.29, 1.82) is 0 Å². The molecule has 0 aliphatic rings. The Morgan fingerprint density at radius 1 is 0.667 bits per heavy atom. The highest BCUT2D eigenvalue weighted by molar-refractivity contribution is 7.86. The molecule has 0 aliphatic carbocycles. The maximum Gasteiger partial charge on any atom is 0.424 e. The maximum atomic E-state index is 12.7. The van der Waals surface area contributed by atoms with Crippen LogP contribution in [0.25, 0.3) is 0 Å². The van der Waals surface area contributed by atoms with Gasteiger partial charge in [-0.15, -0.1) is 0 Å². The first-order valence-corrected chi connectivity index (χ1v) is 6.09. The minimum atomic E-state index is -6.84. The maximum absolute atomic E-state index is 12.7. The highest BCUT2D eigenvalue weighted by Gasteiger charge is 2.87. The van der Waals surface area contributed by atoms with Gasteiger partial charge in [0.2, 0.25) is 0 Å². The number of rotatable bonds is 2. The topological polar surface area (TPSA) is 17.1 Å². The van der Waals surface area contributed by atoms with Gasteiger partial charge in [-0.3, -0.25) is 4.21 Å². The lowest BCUT2D eigenvalue weighted by atomic mass is 10.1. The van der Waals surface area contributed by atoms with Gasteiger partial charge in [-0.1, -0.05) is 18.2 Å². The van der Waals surface area contributed by atoms with Gasteiger partial charge < -0.3 is 0 Å². The standard InChI is InChI=1S/C10H5F9OS/c11-8(12,13)7(9(14,15)16,10(17,18)19)21(20)6-4-2-1-3-5-6/h1-5H. The van der Waals surface area contributed by atoms with Crippen molar-refractivity contribution in [1.82, 2.24) is 0 Å².